The smallest absolute Gasteiger partial charge is 0.310 e. The molecule has 0 aromatic heterocycles. The largest absolute Gasteiger partial charge is 0.462 e. The molecule has 2 aliphatic carbocycles. The minimum atomic E-state index is 0.0822. The summed E-state index contributed by atoms with van der Waals surface area (Å²) in [7, 11) is 0. The zero-order valence-corrected chi connectivity index (χ0v) is 15.3. The van der Waals surface area contributed by atoms with Crippen LogP contribution in [0.1, 0.15) is 46.0 Å². The van der Waals surface area contributed by atoms with Crippen LogP contribution >= 0.6 is 11.8 Å². The van der Waals surface area contributed by atoms with E-state index in [1.54, 1.807) is 11.1 Å². The number of rotatable bonds is 2. The predicted molar refractivity (Wildman–Crippen MR) is 94.5 cm³/mol. The maximum absolute atomic E-state index is 12.5. The van der Waals surface area contributed by atoms with E-state index in [0.717, 1.165) is 32.5 Å². The van der Waals surface area contributed by atoms with Crippen molar-refractivity contribution in [3.05, 3.63) is 11.1 Å². The van der Waals surface area contributed by atoms with Crippen molar-refractivity contribution < 1.29 is 9.53 Å². The van der Waals surface area contributed by atoms with Gasteiger partial charge in [0.1, 0.15) is 6.10 Å². The van der Waals surface area contributed by atoms with Gasteiger partial charge in [0.05, 0.1) is 5.92 Å². The average molecular weight is 336 g/mol. The second kappa shape index (κ2) is 6.11. The molecule has 0 bridgehead atoms. The average Bonchev–Trinajstić information content (AvgIpc) is 2.81. The summed E-state index contributed by atoms with van der Waals surface area (Å²) in [5.41, 5.74) is 3.56. The Hall–Kier alpha value is -0.480. The number of esters is 1. The van der Waals surface area contributed by atoms with Crippen LogP contribution in [0, 0.1) is 17.3 Å². The molecule has 128 valence electrons. The molecule has 4 heteroatoms. The molecule has 1 saturated carbocycles. The first-order valence-electron chi connectivity index (χ1n) is 9.26. The third kappa shape index (κ3) is 2.86. The SMILES string of the molecule is CC1=C2C[C@@H]3[C@H](CN4CCSCC4)C(=O)O[C@@H]3C[C@@]2(C)CCC1. The normalized spacial score (nSPS) is 41.5. The molecule has 0 spiro atoms. The molecule has 4 aliphatic rings. The molecule has 3 fully saturated rings. The Kier molecular flexibility index (Phi) is 4.25. The summed E-state index contributed by atoms with van der Waals surface area (Å²) in [5, 5.41) is 0. The Morgan fingerprint density at radius 2 is 2.13 bits per heavy atom. The van der Waals surface area contributed by atoms with E-state index >= 15 is 0 Å². The Labute approximate surface area is 144 Å². The molecule has 4 atom stereocenters. The van der Waals surface area contributed by atoms with E-state index in [2.05, 4.69) is 18.7 Å². The van der Waals surface area contributed by atoms with Crippen molar-refractivity contribution >= 4 is 17.7 Å². The van der Waals surface area contributed by atoms with Crippen molar-refractivity contribution in [1.82, 2.24) is 4.90 Å². The standard InChI is InChI=1S/C19H29NO2S/c1-13-4-3-5-19(2)11-17-14(10-16(13)19)15(18(21)22-17)12-20-6-8-23-9-7-20/h14-15,17H,3-12H2,1-2H3/t14-,15+,17-,19-/m1/s1. The molecule has 2 saturated heterocycles. The van der Waals surface area contributed by atoms with Crippen molar-refractivity contribution in [2.24, 2.45) is 17.3 Å². The monoisotopic (exact) mass is 335 g/mol. The lowest BCUT2D eigenvalue weighted by atomic mass is 9.59. The summed E-state index contributed by atoms with van der Waals surface area (Å²) in [6.07, 6.45) is 6.16. The van der Waals surface area contributed by atoms with Crippen LogP contribution < -0.4 is 0 Å². The molecule has 23 heavy (non-hydrogen) atoms. The number of nitrogens with zero attached hydrogens (tertiary/aromatic N) is 1. The molecule has 2 aliphatic heterocycles. The highest BCUT2D eigenvalue weighted by molar-refractivity contribution is 7.99. The zero-order chi connectivity index (χ0) is 16.0. The summed E-state index contributed by atoms with van der Waals surface area (Å²) in [4.78, 5) is 15.0. The van der Waals surface area contributed by atoms with Crippen LogP contribution in [0.5, 0.6) is 0 Å². The number of ether oxygens (including phenoxy) is 1. The van der Waals surface area contributed by atoms with Crippen LogP contribution in [0.4, 0.5) is 0 Å². The highest BCUT2D eigenvalue weighted by Gasteiger charge is 2.53. The molecule has 0 radical (unpaired) electrons. The highest BCUT2D eigenvalue weighted by atomic mass is 32.2. The van der Waals surface area contributed by atoms with E-state index in [-0.39, 0.29) is 18.0 Å². The van der Waals surface area contributed by atoms with Gasteiger partial charge in [0.2, 0.25) is 0 Å². The maximum Gasteiger partial charge on any atom is 0.310 e. The second-order valence-electron chi connectivity index (χ2n) is 8.24. The minimum absolute atomic E-state index is 0.0822. The van der Waals surface area contributed by atoms with Gasteiger partial charge in [-0.25, -0.2) is 0 Å². The topological polar surface area (TPSA) is 29.5 Å². The first kappa shape index (κ1) is 16.0. The number of carbonyl (C=O) groups is 1. The third-order valence-electron chi connectivity index (χ3n) is 6.74. The molecule has 3 nitrogen and oxygen atoms in total. The molecule has 0 N–H and O–H groups in total. The van der Waals surface area contributed by atoms with Gasteiger partial charge in [-0.3, -0.25) is 4.79 Å². The predicted octanol–water partition coefficient (Wildman–Crippen LogP) is 3.49. The van der Waals surface area contributed by atoms with Crippen molar-refractivity contribution in [3.63, 3.8) is 0 Å². The van der Waals surface area contributed by atoms with E-state index in [9.17, 15) is 4.79 Å². The van der Waals surface area contributed by atoms with Gasteiger partial charge < -0.3 is 9.64 Å². The van der Waals surface area contributed by atoms with Gasteiger partial charge in [-0.2, -0.15) is 11.8 Å². The lowest BCUT2D eigenvalue weighted by Crippen LogP contribution is -2.43. The van der Waals surface area contributed by atoms with E-state index in [1.165, 1.54) is 30.8 Å². The first-order chi connectivity index (χ1) is 11.1. The van der Waals surface area contributed by atoms with Crippen LogP contribution in [0.3, 0.4) is 0 Å². The van der Waals surface area contributed by atoms with Crippen molar-refractivity contribution in [2.75, 3.05) is 31.1 Å². The molecule has 0 aromatic rings. The second-order valence-corrected chi connectivity index (χ2v) is 9.46. The molecule has 0 unspecified atom stereocenters. The van der Waals surface area contributed by atoms with E-state index < -0.39 is 0 Å². The van der Waals surface area contributed by atoms with Gasteiger partial charge in [0, 0.05) is 37.1 Å². The quantitative estimate of drug-likeness (QED) is 0.571. The molecular weight excluding hydrogens is 306 g/mol. The van der Waals surface area contributed by atoms with Crippen LogP contribution in [0.2, 0.25) is 0 Å². The molecule has 4 rings (SSSR count). The highest BCUT2D eigenvalue weighted by Crippen LogP contribution is 2.55. The van der Waals surface area contributed by atoms with E-state index in [0.29, 0.717) is 11.3 Å². The molecule has 2 heterocycles. The number of thioether (sulfide) groups is 1. The third-order valence-corrected chi connectivity index (χ3v) is 7.68. The maximum atomic E-state index is 12.5. The van der Waals surface area contributed by atoms with Gasteiger partial charge in [0.15, 0.2) is 0 Å². The summed E-state index contributed by atoms with van der Waals surface area (Å²) >= 11 is 2.03. The number of hydrogen-bond donors (Lipinski definition) is 0. The van der Waals surface area contributed by atoms with Crippen LogP contribution in [-0.4, -0.2) is 48.1 Å². The summed E-state index contributed by atoms with van der Waals surface area (Å²) in [6, 6.07) is 0. The zero-order valence-electron chi connectivity index (χ0n) is 14.5. The number of hydrogen-bond acceptors (Lipinski definition) is 4. The van der Waals surface area contributed by atoms with Crippen LogP contribution in [0.25, 0.3) is 0 Å². The van der Waals surface area contributed by atoms with Crippen LogP contribution in [0.15, 0.2) is 11.1 Å². The number of allylic oxidation sites excluding steroid dienone is 2. The van der Waals surface area contributed by atoms with Gasteiger partial charge in [-0.05, 0) is 44.4 Å². The molecule has 0 aromatic carbocycles. The number of carbonyl (C=O) groups excluding carboxylic acids is 1. The minimum Gasteiger partial charge on any atom is -0.462 e. The summed E-state index contributed by atoms with van der Waals surface area (Å²) < 4.78 is 5.88. The van der Waals surface area contributed by atoms with Crippen LogP contribution in [-0.2, 0) is 9.53 Å². The van der Waals surface area contributed by atoms with Gasteiger partial charge >= 0.3 is 5.97 Å². The van der Waals surface area contributed by atoms with Gasteiger partial charge in [0.25, 0.3) is 0 Å². The summed E-state index contributed by atoms with van der Waals surface area (Å²) in [5.74, 6) is 3.03. The number of fused-ring (bicyclic) bond motifs is 2. The fraction of sp³-hybridized carbons (Fsp3) is 0.842. The lowest BCUT2D eigenvalue weighted by molar-refractivity contribution is -0.145. The van der Waals surface area contributed by atoms with Gasteiger partial charge in [-0.15, -0.1) is 0 Å². The molecular formula is C19H29NO2S. The van der Waals surface area contributed by atoms with Crippen molar-refractivity contribution in [1.29, 1.82) is 0 Å². The van der Waals surface area contributed by atoms with Gasteiger partial charge in [-0.1, -0.05) is 18.1 Å². The van der Waals surface area contributed by atoms with E-state index in [1.807, 2.05) is 11.8 Å². The van der Waals surface area contributed by atoms with Crippen molar-refractivity contribution in [3.8, 4) is 0 Å². The van der Waals surface area contributed by atoms with E-state index in [4.69, 9.17) is 4.74 Å². The Bertz CT molecular complexity index is 525. The fourth-order valence-electron chi connectivity index (χ4n) is 5.38. The lowest BCUT2D eigenvalue weighted by Gasteiger charge is -2.46. The Morgan fingerprint density at radius 3 is 2.91 bits per heavy atom. The first-order valence-corrected chi connectivity index (χ1v) is 10.4. The summed E-state index contributed by atoms with van der Waals surface area (Å²) in [6.45, 7) is 7.91. The Balaban J connectivity index is 1.54. The fourth-order valence-corrected chi connectivity index (χ4v) is 6.36. The molecule has 0 amide bonds. The Morgan fingerprint density at radius 1 is 1.35 bits per heavy atom. The van der Waals surface area contributed by atoms with Crippen molar-refractivity contribution in [2.45, 2.75) is 52.1 Å².